The zero-order chi connectivity index (χ0) is 29.3. The van der Waals surface area contributed by atoms with Crippen molar-refractivity contribution >= 4 is 64.4 Å². The van der Waals surface area contributed by atoms with Crippen LogP contribution in [0.5, 0.6) is 5.75 Å². The molecule has 0 radical (unpaired) electrons. The maximum Gasteiger partial charge on any atom is 0.141 e. The summed E-state index contributed by atoms with van der Waals surface area (Å²) in [4.78, 5) is 5.39. The third kappa shape index (κ3) is 7.39. The summed E-state index contributed by atoms with van der Waals surface area (Å²) in [6.07, 6.45) is 15.2. The third-order valence-electron chi connectivity index (χ3n) is 8.35. The molecule has 42 heavy (non-hydrogen) atoms. The highest BCUT2D eigenvalue weighted by atomic mass is 79.9. The van der Waals surface area contributed by atoms with Gasteiger partial charge in [-0.15, -0.1) is 0 Å². The van der Waals surface area contributed by atoms with Crippen LogP contribution in [0, 0.1) is 0 Å². The molecular formula is C37H44Br2N2O. The van der Waals surface area contributed by atoms with E-state index in [1.165, 1.54) is 91.3 Å². The smallest absolute Gasteiger partial charge is 0.141 e. The van der Waals surface area contributed by atoms with Crippen LogP contribution >= 0.6 is 31.9 Å². The fourth-order valence-corrected chi connectivity index (χ4v) is 6.79. The molecule has 4 aromatic carbocycles. The standard InChI is InChI=1S/C37H44Br2N2O/c1-3-5-7-9-11-13-23-41-36-34-26-29(39)18-22-32(34)31-21-17-28(38)25-33(31)35(36)40-37(41)27-15-19-30(20-16-27)42-24-14-12-10-8-6-4-2/h15-22,25-26H,3-14,23-24H2,1-2H3. The highest BCUT2D eigenvalue weighted by molar-refractivity contribution is 9.10. The van der Waals surface area contributed by atoms with Gasteiger partial charge in [0.25, 0.3) is 0 Å². The van der Waals surface area contributed by atoms with Crippen LogP contribution in [0.2, 0.25) is 0 Å². The first kappa shape index (κ1) is 31.1. The summed E-state index contributed by atoms with van der Waals surface area (Å²) in [5.41, 5.74) is 3.43. The van der Waals surface area contributed by atoms with E-state index < -0.39 is 0 Å². The van der Waals surface area contributed by atoms with Crippen molar-refractivity contribution < 1.29 is 4.74 Å². The molecule has 0 N–H and O–H groups in total. The Morgan fingerprint density at radius 2 is 1.19 bits per heavy atom. The molecule has 0 fully saturated rings. The highest BCUT2D eigenvalue weighted by Gasteiger charge is 2.19. The maximum atomic E-state index is 6.11. The Morgan fingerprint density at radius 3 is 1.86 bits per heavy atom. The van der Waals surface area contributed by atoms with Crippen LogP contribution < -0.4 is 4.74 Å². The quantitative estimate of drug-likeness (QED) is 0.0760. The van der Waals surface area contributed by atoms with Gasteiger partial charge in [0.15, 0.2) is 0 Å². The predicted molar refractivity (Wildman–Crippen MR) is 188 cm³/mol. The Hall–Kier alpha value is -2.37. The molecule has 0 amide bonds. The van der Waals surface area contributed by atoms with Gasteiger partial charge in [0.2, 0.25) is 0 Å². The van der Waals surface area contributed by atoms with E-state index in [0.717, 1.165) is 57.6 Å². The molecule has 0 atom stereocenters. The fourth-order valence-electron chi connectivity index (χ4n) is 6.07. The summed E-state index contributed by atoms with van der Waals surface area (Å²) < 4.78 is 10.8. The SMILES string of the molecule is CCCCCCCCOc1ccc(-c2nc3c4cc(Br)ccc4c4ccc(Br)cc4c3n2CCCCCCCC)cc1. The zero-order valence-corrected chi connectivity index (χ0v) is 28.4. The number of rotatable bonds is 16. The van der Waals surface area contributed by atoms with E-state index in [1.54, 1.807) is 0 Å². The first-order chi connectivity index (χ1) is 20.6. The molecule has 0 bridgehead atoms. The lowest BCUT2D eigenvalue weighted by molar-refractivity contribution is 0.304. The van der Waals surface area contributed by atoms with Crippen LogP contribution in [0.4, 0.5) is 0 Å². The minimum Gasteiger partial charge on any atom is -0.494 e. The summed E-state index contributed by atoms with van der Waals surface area (Å²) in [6, 6.07) is 21.8. The molecule has 3 nitrogen and oxygen atoms in total. The Bertz CT molecular complexity index is 1610. The molecule has 1 heterocycles. The second-order valence-electron chi connectivity index (χ2n) is 11.6. The normalized spacial score (nSPS) is 11.7. The van der Waals surface area contributed by atoms with Crippen LogP contribution in [-0.2, 0) is 6.54 Å². The molecular weight excluding hydrogens is 648 g/mol. The Morgan fingerprint density at radius 1 is 0.619 bits per heavy atom. The number of hydrogen-bond acceptors (Lipinski definition) is 2. The van der Waals surface area contributed by atoms with Crippen molar-refractivity contribution in [1.82, 2.24) is 9.55 Å². The van der Waals surface area contributed by atoms with Crippen LogP contribution in [0.25, 0.3) is 44.0 Å². The van der Waals surface area contributed by atoms with Crippen molar-refractivity contribution in [2.75, 3.05) is 6.61 Å². The molecule has 0 aliphatic heterocycles. The number of benzene rings is 4. The van der Waals surface area contributed by atoms with E-state index >= 15 is 0 Å². The summed E-state index contributed by atoms with van der Waals surface area (Å²) in [7, 11) is 0. The van der Waals surface area contributed by atoms with Gasteiger partial charge in [0.1, 0.15) is 11.6 Å². The van der Waals surface area contributed by atoms with Crippen molar-refractivity contribution in [1.29, 1.82) is 0 Å². The van der Waals surface area contributed by atoms with Crippen molar-refractivity contribution in [2.24, 2.45) is 0 Å². The van der Waals surface area contributed by atoms with Crippen LogP contribution in [0.1, 0.15) is 90.9 Å². The molecule has 5 heteroatoms. The largest absolute Gasteiger partial charge is 0.494 e. The topological polar surface area (TPSA) is 27.1 Å². The van der Waals surface area contributed by atoms with E-state index in [1.807, 2.05) is 0 Å². The Labute approximate surface area is 268 Å². The minimum atomic E-state index is 0.781. The summed E-state index contributed by atoms with van der Waals surface area (Å²) in [5, 5.41) is 4.94. The van der Waals surface area contributed by atoms with Crippen molar-refractivity contribution in [3.05, 3.63) is 69.6 Å². The molecule has 5 aromatic rings. The van der Waals surface area contributed by atoms with Gasteiger partial charge in [0, 0.05) is 31.8 Å². The maximum absolute atomic E-state index is 6.11. The lowest BCUT2D eigenvalue weighted by Gasteiger charge is -2.13. The van der Waals surface area contributed by atoms with E-state index in [2.05, 4.69) is 111 Å². The second-order valence-corrected chi connectivity index (χ2v) is 13.4. The lowest BCUT2D eigenvalue weighted by Crippen LogP contribution is -2.02. The lowest BCUT2D eigenvalue weighted by atomic mass is 10.00. The summed E-state index contributed by atoms with van der Waals surface area (Å²) in [5.74, 6) is 1.98. The number of aryl methyl sites for hydroxylation is 1. The third-order valence-corrected chi connectivity index (χ3v) is 9.33. The molecule has 0 spiro atoms. The Kier molecular flexibility index (Phi) is 11.4. The van der Waals surface area contributed by atoms with Crippen molar-refractivity contribution in [3.63, 3.8) is 0 Å². The van der Waals surface area contributed by atoms with Crippen LogP contribution in [-0.4, -0.2) is 16.2 Å². The number of imidazole rings is 1. The van der Waals surface area contributed by atoms with Gasteiger partial charge in [-0.2, -0.15) is 0 Å². The van der Waals surface area contributed by atoms with Gasteiger partial charge in [-0.25, -0.2) is 4.98 Å². The monoisotopic (exact) mass is 690 g/mol. The fraction of sp³-hybridized carbons (Fsp3) is 0.432. The van der Waals surface area contributed by atoms with Gasteiger partial charge in [0.05, 0.1) is 17.6 Å². The Balaban J connectivity index is 1.50. The number of nitrogens with zero attached hydrogens (tertiary/aromatic N) is 2. The average molecular weight is 693 g/mol. The van der Waals surface area contributed by atoms with Gasteiger partial charge in [-0.3, -0.25) is 0 Å². The molecule has 0 saturated carbocycles. The van der Waals surface area contributed by atoms with E-state index in [9.17, 15) is 0 Å². The highest BCUT2D eigenvalue weighted by Crippen LogP contribution is 2.40. The number of halogens is 2. The molecule has 0 aliphatic carbocycles. The van der Waals surface area contributed by atoms with Crippen LogP contribution in [0.3, 0.4) is 0 Å². The van der Waals surface area contributed by atoms with E-state index in [-0.39, 0.29) is 0 Å². The molecule has 0 unspecified atom stereocenters. The summed E-state index contributed by atoms with van der Waals surface area (Å²) in [6.45, 7) is 6.28. The first-order valence-electron chi connectivity index (χ1n) is 16.0. The second kappa shape index (κ2) is 15.4. The van der Waals surface area contributed by atoms with Crippen LogP contribution in [0.15, 0.2) is 69.6 Å². The molecule has 5 rings (SSSR count). The van der Waals surface area contributed by atoms with Gasteiger partial charge in [-0.05, 0) is 72.1 Å². The number of fused-ring (bicyclic) bond motifs is 6. The van der Waals surface area contributed by atoms with Gasteiger partial charge < -0.3 is 9.30 Å². The average Bonchev–Trinajstić information content (AvgIpc) is 3.38. The predicted octanol–water partition coefficient (Wildman–Crippen LogP) is 12.6. The molecule has 1 aromatic heterocycles. The first-order valence-corrected chi connectivity index (χ1v) is 17.6. The van der Waals surface area contributed by atoms with E-state index in [0.29, 0.717) is 0 Å². The van der Waals surface area contributed by atoms with Gasteiger partial charge in [-0.1, -0.05) is 122 Å². The molecule has 0 saturated heterocycles. The van der Waals surface area contributed by atoms with Gasteiger partial charge >= 0.3 is 0 Å². The number of ether oxygens (including phenoxy) is 1. The van der Waals surface area contributed by atoms with E-state index in [4.69, 9.17) is 9.72 Å². The molecule has 222 valence electrons. The van der Waals surface area contributed by atoms with Crippen molar-refractivity contribution in [3.8, 4) is 17.1 Å². The van der Waals surface area contributed by atoms with Crippen molar-refractivity contribution in [2.45, 2.75) is 97.4 Å². The summed E-state index contributed by atoms with van der Waals surface area (Å²) >= 11 is 7.49. The molecule has 0 aliphatic rings. The minimum absolute atomic E-state index is 0.781. The number of hydrogen-bond donors (Lipinski definition) is 0. The number of unbranched alkanes of at least 4 members (excludes halogenated alkanes) is 10. The zero-order valence-electron chi connectivity index (χ0n) is 25.2. The number of aromatic nitrogens is 2.